The molecular weight excluding hydrogens is 279 g/mol. The number of pyridine rings is 1. The van der Waals surface area contributed by atoms with Gasteiger partial charge in [-0.3, -0.25) is 4.98 Å². The van der Waals surface area contributed by atoms with Gasteiger partial charge in [-0.1, -0.05) is 48.4 Å². The summed E-state index contributed by atoms with van der Waals surface area (Å²) in [6.07, 6.45) is 1.68. The van der Waals surface area contributed by atoms with Crippen LogP contribution < -0.4 is 0 Å². The molecule has 0 N–H and O–H groups in total. The third kappa shape index (κ3) is 2.38. The van der Waals surface area contributed by atoms with E-state index in [9.17, 15) is 4.39 Å². The molecule has 0 radical (unpaired) electrons. The van der Waals surface area contributed by atoms with Gasteiger partial charge in [0, 0.05) is 27.6 Å². The van der Waals surface area contributed by atoms with E-state index in [0.29, 0.717) is 16.6 Å². The summed E-state index contributed by atoms with van der Waals surface area (Å²) in [5, 5.41) is 4.66. The lowest BCUT2D eigenvalue weighted by molar-refractivity contribution is 0.631. The topological polar surface area (TPSA) is 61.7 Å². The van der Waals surface area contributed by atoms with E-state index in [1.807, 2.05) is 24.3 Å². The number of aromatic nitrogens is 1. The van der Waals surface area contributed by atoms with Crippen LogP contribution in [0.3, 0.4) is 0 Å². The SMILES string of the molecule is CC(N=[N+]=[N-])c1ccc2cccnc2c1-c1ccccc1F. The van der Waals surface area contributed by atoms with Gasteiger partial charge in [0.15, 0.2) is 0 Å². The van der Waals surface area contributed by atoms with Crippen LogP contribution in [0.5, 0.6) is 0 Å². The Morgan fingerprint density at radius 1 is 1.14 bits per heavy atom. The van der Waals surface area contributed by atoms with E-state index >= 15 is 0 Å². The van der Waals surface area contributed by atoms with Gasteiger partial charge in [-0.05, 0) is 23.2 Å². The fourth-order valence-corrected chi connectivity index (χ4v) is 2.60. The highest BCUT2D eigenvalue weighted by atomic mass is 19.1. The van der Waals surface area contributed by atoms with Crippen LogP contribution in [0.2, 0.25) is 0 Å². The van der Waals surface area contributed by atoms with Crippen molar-refractivity contribution in [2.75, 3.05) is 0 Å². The zero-order valence-electron chi connectivity index (χ0n) is 11.9. The van der Waals surface area contributed by atoms with E-state index in [4.69, 9.17) is 5.53 Å². The van der Waals surface area contributed by atoms with Gasteiger partial charge in [0.2, 0.25) is 0 Å². The Hall–Kier alpha value is -2.91. The Bertz CT molecular complexity index is 885. The number of hydrogen-bond acceptors (Lipinski definition) is 2. The van der Waals surface area contributed by atoms with Crippen LogP contribution >= 0.6 is 0 Å². The lowest BCUT2D eigenvalue weighted by Crippen LogP contribution is -1.97. The van der Waals surface area contributed by atoms with Gasteiger partial charge in [-0.15, -0.1) is 0 Å². The standard InChI is InChI=1S/C17H13FN4/c1-11(21-22-19)13-9-8-12-5-4-10-20-17(12)16(13)14-6-2-3-7-15(14)18/h2-11H,1H3. The number of benzene rings is 2. The monoisotopic (exact) mass is 292 g/mol. The second kappa shape index (κ2) is 5.84. The Labute approximate surface area is 126 Å². The van der Waals surface area contributed by atoms with Crippen LogP contribution in [-0.2, 0) is 0 Å². The normalized spacial score (nSPS) is 11.9. The lowest BCUT2D eigenvalue weighted by Gasteiger charge is -2.15. The van der Waals surface area contributed by atoms with Gasteiger partial charge in [-0.25, -0.2) is 4.39 Å². The fraction of sp³-hybridized carbons (Fsp3) is 0.118. The quantitative estimate of drug-likeness (QED) is 0.361. The highest BCUT2D eigenvalue weighted by Gasteiger charge is 2.17. The molecule has 108 valence electrons. The minimum Gasteiger partial charge on any atom is -0.256 e. The Kier molecular flexibility index (Phi) is 3.73. The van der Waals surface area contributed by atoms with Crippen molar-refractivity contribution < 1.29 is 4.39 Å². The minimum atomic E-state index is -0.411. The molecule has 5 heteroatoms. The first-order valence-corrected chi connectivity index (χ1v) is 6.89. The molecule has 22 heavy (non-hydrogen) atoms. The number of fused-ring (bicyclic) bond motifs is 1. The lowest BCUT2D eigenvalue weighted by atomic mass is 9.92. The molecule has 3 rings (SSSR count). The van der Waals surface area contributed by atoms with E-state index < -0.39 is 6.04 Å². The van der Waals surface area contributed by atoms with Crippen LogP contribution in [0.15, 0.2) is 59.8 Å². The third-order valence-electron chi connectivity index (χ3n) is 3.62. The number of rotatable bonds is 3. The highest BCUT2D eigenvalue weighted by molar-refractivity contribution is 5.95. The minimum absolute atomic E-state index is 0.324. The summed E-state index contributed by atoms with van der Waals surface area (Å²) in [6, 6.07) is 13.7. The summed E-state index contributed by atoms with van der Waals surface area (Å²) in [5.74, 6) is -0.324. The van der Waals surface area contributed by atoms with E-state index in [-0.39, 0.29) is 5.82 Å². The molecule has 1 aromatic heterocycles. The van der Waals surface area contributed by atoms with Crippen molar-refractivity contribution in [2.45, 2.75) is 13.0 Å². The van der Waals surface area contributed by atoms with Gasteiger partial charge in [0.25, 0.3) is 0 Å². The predicted octanol–water partition coefficient (Wildman–Crippen LogP) is 5.41. The maximum Gasteiger partial charge on any atom is 0.131 e. The molecule has 2 aromatic carbocycles. The van der Waals surface area contributed by atoms with Crippen LogP contribution in [0.25, 0.3) is 32.5 Å². The van der Waals surface area contributed by atoms with E-state index in [1.54, 1.807) is 31.3 Å². The van der Waals surface area contributed by atoms with Gasteiger partial charge in [0.05, 0.1) is 11.6 Å². The molecule has 0 aliphatic heterocycles. The van der Waals surface area contributed by atoms with Crippen LogP contribution in [0.1, 0.15) is 18.5 Å². The van der Waals surface area contributed by atoms with Crippen molar-refractivity contribution in [3.63, 3.8) is 0 Å². The summed E-state index contributed by atoms with van der Waals surface area (Å²) in [7, 11) is 0. The van der Waals surface area contributed by atoms with Crippen molar-refractivity contribution in [1.82, 2.24) is 4.98 Å². The molecule has 1 atom stereocenters. The molecule has 4 nitrogen and oxygen atoms in total. The van der Waals surface area contributed by atoms with E-state index in [1.165, 1.54) is 6.07 Å². The summed E-state index contributed by atoms with van der Waals surface area (Å²) >= 11 is 0. The number of halogens is 1. The maximum atomic E-state index is 14.3. The molecule has 0 aliphatic rings. The summed E-state index contributed by atoms with van der Waals surface area (Å²) in [6.45, 7) is 1.79. The second-order valence-electron chi connectivity index (χ2n) is 4.97. The smallest absolute Gasteiger partial charge is 0.131 e. The molecule has 0 spiro atoms. The van der Waals surface area contributed by atoms with Gasteiger partial charge < -0.3 is 0 Å². The fourth-order valence-electron chi connectivity index (χ4n) is 2.60. The van der Waals surface area contributed by atoms with Crippen LogP contribution in [0.4, 0.5) is 4.39 Å². The molecule has 0 aliphatic carbocycles. The molecule has 0 amide bonds. The van der Waals surface area contributed by atoms with Gasteiger partial charge in [-0.2, -0.15) is 0 Å². The highest BCUT2D eigenvalue weighted by Crippen LogP contribution is 2.36. The first-order chi connectivity index (χ1) is 10.7. The number of hydrogen-bond donors (Lipinski definition) is 0. The molecule has 0 bridgehead atoms. The Morgan fingerprint density at radius 3 is 2.73 bits per heavy atom. The Morgan fingerprint density at radius 2 is 1.95 bits per heavy atom. The zero-order valence-corrected chi connectivity index (χ0v) is 11.9. The zero-order chi connectivity index (χ0) is 15.5. The second-order valence-corrected chi connectivity index (χ2v) is 4.97. The van der Waals surface area contributed by atoms with E-state index in [0.717, 1.165) is 10.9 Å². The average molecular weight is 292 g/mol. The summed E-state index contributed by atoms with van der Waals surface area (Å²) in [4.78, 5) is 7.26. The number of nitrogens with zero attached hydrogens (tertiary/aromatic N) is 4. The first kappa shape index (κ1) is 14.0. The summed E-state index contributed by atoms with van der Waals surface area (Å²) < 4.78 is 14.3. The molecule has 0 fully saturated rings. The van der Waals surface area contributed by atoms with Crippen LogP contribution in [-0.4, -0.2) is 4.98 Å². The number of azide groups is 1. The summed E-state index contributed by atoms with van der Waals surface area (Å²) in [5.41, 5.74) is 11.3. The van der Waals surface area contributed by atoms with Gasteiger partial charge >= 0.3 is 0 Å². The molecule has 0 saturated heterocycles. The third-order valence-corrected chi connectivity index (χ3v) is 3.62. The van der Waals surface area contributed by atoms with Crippen LogP contribution in [0, 0.1) is 5.82 Å². The maximum absolute atomic E-state index is 14.3. The first-order valence-electron chi connectivity index (χ1n) is 6.89. The van der Waals surface area contributed by atoms with Gasteiger partial charge in [0.1, 0.15) is 5.82 Å². The molecule has 0 saturated carbocycles. The Balaban J connectivity index is 2.40. The van der Waals surface area contributed by atoms with Crippen molar-refractivity contribution in [3.8, 4) is 11.1 Å². The van der Waals surface area contributed by atoms with Crippen molar-refractivity contribution in [2.24, 2.45) is 5.11 Å². The van der Waals surface area contributed by atoms with Crippen molar-refractivity contribution in [1.29, 1.82) is 0 Å². The molecular formula is C17H13FN4. The van der Waals surface area contributed by atoms with Crippen molar-refractivity contribution in [3.05, 3.63) is 76.6 Å². The predicted molar refractivity (Wildman–Crippen MR) is 84.7 cm³/mol. The molecule has 1 heterocycles. The van der Waals surface area contributed by atoms with Crippen molar-refractivity contribution >= 4 is 10.9 Å². The van der Waals surface area contributed by atoms with E-state index in [2.05, 4.69) is 15.0 Å². The average Bonchev–Trinajstić information content (AvgIpc) is 2.54. The molecule has 1 unspecified atom stereocenters. The largest absolute Gasteiger partial charge is 0.256 e. The molecule has 3 aromatic rings.